The molecule has 420 valence electrons. The van der Waals surface area contributed by atoms with Crippen LogP contribution in [0.5, 0.6) is 0 Å². The number of esters is 3. The second kappa shape index (κ2) is 60.7. The van der Waals surface area contributed by atoms with E-state index in [1.54, 1.807) is 0 Å². The first-order valence-corrected chi connectivity index (χ1v) is 32.2. The topological polar surface area (TPSA) is 78.9 Å². The van der Waals surface area contributed by atoms with Crippen LogP contribution in [0.1, 0.15) is 367 Å². The van der Waals surface area contributed by atoms with E-state index in [-0.39, 0.29) is 31.1 Å². The van der Waals surface area contributed by atoms with Gasteiger partial charge in [-0.1, -0.05) is 315 Å². The largest absolute Gasteiger partial charge is 0.462 e. The van der Waals surface area contributed by atoms with Gasteiger partial charge in [0.25, 0.3) is 0 Å². The summed E-state index contributed by atoms with van der Waals surface area (Å²) in [7, 11) is 0. The van der Waals surface area contributed by atoms with Crippen molar-refractivity contribution in [3.8, 4) is 0 Å². The van der Waals surface area contributed by atoms with E-state index >= 15 is 0 Å². The van der Waals surface area contributed by atoms with Gasteiger partial charge in [0.1, 0.15) is 13.2 Å². The van der Waals surface area contributed by atoms with Crippen molar-refractivity contribution in [1.82, 2.24) is 0 Å². The summed E-state index contributed by atoms with van der Waals surface area (Å²) in [6.45, 7) is 6.69. The standard InChI is InChI=1S/C65H124O6/c1-4-7-10-13-16-19-22-25-27-29-30-31-32-33-34-35-36-38-40-43-46-49-52-55-58-64(67)70-61-62(60-69-63(66)57-54-51-48-45-42-39-24-21-18-15-12-9-6-3)71-65(68)59-56-53-50-47-44-41-37-28-26-23-20-17-14-11-8-5-2/h21,24,62H,4-20,22-23,25-61H2,1-3H3/b24-21-. The molecule has 0 aromatic rings. The van der Waals surface area contributed by atoms with Gasteiger partial charge in [-0.05, 0) is 44.9 Å². The molecule has 0 spiro atoms. The highest BCUT2D eigenvalue weighted by Gasteiger charge is 2.19. The van der Waals surface area contributed by atoms with Crippen molar-refractivity contribution in [2.75, 3.05) is 13.2 Å². The molecule has 1 atom stereocenters. The van der Waals surface area contributed by atoms with Crippen LogP contribution in [0.2, 0.25) is 0 Å². The lowest BCUT2D eigenvalue weighted by atomic mass is 10.0. The number of allylic oxidation sites excluding steroid dienone is 2. The van der Waals surface area contributed by atoms with Gasteiger partial charge in [-0.15, -0.1) is 0 Å². The molecule has 6 heteroatoms. The monoisotopic (exact) mass is 1000 g/mol. The number of ether oxygens (including phenoxy) is 3. The van der Waals surface area contributed by atoms with E-state index in [1.165, 1.54) is 263 Å². The Balaban J connectivity index is 4.21. The highest BCUT2D eigenvalue weighted by Crippen LogP contribution is 2.18. The highest BCUT2D eigenvalue weighted by molar-refractivity contribution is 5.71. The van der Waals surface area contributed by atoms with Gasteiger partial charge in [0.05, 0.1) is 0 Å². The zero-order valence-corrected chi connectivity index (χ0v) is 48.3. The minimum atomic E-state index is -0.768. The van der Waals surface area contributed by atoms with Gasteiger partial charge in [-0.3, -0.25) is 14.4 Å². The Morgan fingerprint density at radius 3 is 0.718 bits per heavy atom. The van der Waals surface area contributed by atoms with Crippen molar-refractivity contribution in [1.29, 1.82) is 0 Å². The van der Waals surface area contributed by atoms with E-state index in [0.29, 0.717) is 19.3 Å². The SMILES string of the molecule is CCCCCC/C=C\CCCCCCCC(=O)OCC(COC(=O)CCCCCCCCCCCCCCCCCCCCCCCCCC)OC(=O)CCCCCCCCCCCCCCCCCC. The van der Waals surface area contributed by atoms with Crippen LogP contribution in [-0.4, -0.2) is 37.2 Å². The predicted octanol–water partition coefficient (Wildman–Crippen LogP) is 21.7. The third-order valence-corrected chi connectivity index (χ3v) is 14.8. The molecule has 0 aromatic heterocycles. The molecule has 71 heavy (non-hydrogen) atoms. The summed E-state index contributed by atoms with van der Waals surface area (Å²) in [5.41, 5.74) is 0. The Labute approximate surface area is 443 Å². The molecule has 0 saturated carbocycles. The van der Waals surface area contributed by atoms with Crippen LogP contribution < -0.4 is 0 Å². The van der Waals surface area contributed by atoms with E-state index in [0.717, 1.165) is 64.2 Å². The molecule has 0 saturated heterocycles. The number of unbranched alkanes of at least 4 members (excludes halogenated alkanes) is 47. The molecule has 0 amide bonds. The zero-order chi connectivity index (χ0) is 51.4. The molecule has 6 nitrogen and oxygen atoms in total. The zero-order valence-electron chi connectivity index (χ0n) is 48.3. The average Bonchev–Trinajstić information content (AvgIpc) is 3.37. The second-order valence-electron chi connectivity index (χ2n) is 22.0. The van der Waals surface area contributed by atoms with Crippen molar-refractivity contribution in [2.24, 2.45) is 0 Å². The summed E-state index contributed by atoms with van der Waals surface area (Å²) in [6, 6.07) is 0. The Morgan fingerprint density at radius 2 is 0.465 bits per heavy atom. The van der Waals surface area contributed by atoms with E-state index in [1.807, 2.05) is 0 Å². The third kappa shape index (κ3) is 58.9. The van der Waals surface area contributed by atoms with Gasteiger partial charge in [0, 0.05) is 19.3 Å². The average molecular weight is 1000 g/mol. The van der Waals surface area contributed by atoms with E-state index in [9.17, 15) is 14.4 Å². The van der Waals surface area contributed by atoms with Crippen LogP contribution >= 0.6 is 0 Å². The molecule has 0 rings (SSSR count). The Kier molecular flexibility index (Phi) is 59.1. The first kappa shape index (κ1) is 69.2. The summed E-state index contributed by atoms with van der Waals surface area (Å²) in [6.07, 6.45) is 70.8. The van der Waals surface area contributed by atoms with Gasteiger partial charge in [0.2, 0.25) is 0 Å². The maximum atomic E-state index is 12.9. The minimum Gasteiger partial charge on any atom is -0.462 e. The molecular formula is C65H124O6. The fourth-order valence-corrected chi connectivity index (χ4v) is 9.91. The Morgan fingerprint density at radius 1 is 0.268 bits per heavy atom. The molecule has 0 aliphatic rings. The number of rotatable bonds is 60. The quantitative estimate of drug-likeness (QED) is 0.0261. The lowest BCUT2D eigenvalue weighted by Crippen LogP contribution is -2.30. The summed E-state index contributed by atoms with van der Waals surface area (Å²) in [5.74, 6) is -0.846. The number of hydrogen-bond donors (Lipinski definition) is 0. The fourth-order valence-electron chi connectivity index (χ4n) is 9.91. The first-order valence-electron chi connectivity index (χ1n) is 32.2. The normalized spacial score (nSPS) is 12.0. The van der Waals surface area contributed by atoms with Gasteiger partial charge in [0.15, 0.2) is 6.10 Å². The molecule has 0 N–H and O–H groups in total. The molecule has 0 bridgehead atoms. The minimum absolute atomic E-state index is 0.0661. The van der Waals surface area contributed by atoms with Crippen LogP contribution in [-0.2, 0) is 28.6 Å². The van der Waals surface area contributed by atoms with E-state index in [4.69, 9.17) is 14.2 Å². The third-order valence-electron chi connectivity index (χ3n) is 14.8. The van der Waals surface area contributed by atoms with Crippen LogP contribution in [0.15, 0.2) is 12.2 Å². The molecule has 0 radical (unpaired) electrons. The van der Waals surface area contributed by atoms with E-state index in [2.05, 4.69) is 32.9 Å². The molecule has 0 aliphatic carbocycles. The maximum absolute atomic E-state index is 12.9. The van der Waals surface area contributed by atoms with Gasteiger partial charge in [-0.25, -0.2) is 0 Å². The molecule has 0 fully saturated rings. The van der Waals surface area contributed by atoms with Gasteiger partial charge < -0.3 is 14.2 Å². The van der Waals surface area contributed by atoms with Crippen LogP contribution in [0.3, 0.4) is 0 Å². The summed E-state index contributed by atoms with van der Waals surface area (Å²) < 4.78 is 16.9. The van der Waals surface area contributed by atoms with Crippen molar-refractivity contribution < 1.29 is 28.6 Å². The Bertz CT molecular complexity index is 1100. The number of carbonyl (C=O) groups excluding carboxylic acids is 3. The summed E-state index contributed by atoms with van der Waals surface area (Å²) in [4.78, 5) is 38.2. The van der Waals surface area contributed by atoms with Crippen molar-refractivity contribution >= 4 is 17.9 Å². The molecule has 0 heterocycles. The smallest absolute Gasteiger partial charge is 0.306 e. The fraction of sp³-hybridized carbons (Fsp3) is 0.923. The summed E-state index contributed by atoms with van der Waals surface area (Å²) >= 11 is 0. The molecular weight excluding hydrogens is 877 g/mol. The van der Waals surface area contributed by atoms with Crippen molar-refractivity contribution in [2.45, 2.75) is 374 Å². The highest BCUT2D eigenvalue weighted by atomic mass is 16.6. The van der Waals surface area contributed by atoms with Crippen molar-refractivity contribution in [3.05, 3.63) is 12.2 Å². The lowest BCUT2D eigenvalue weighted by Gasteiger charge is -2.18. The lowest BCUT2D eigenvalue weighted by molar-refractivity contribution is -0.167. The van der Waals surface area contributed by atoms with Crippen LogP contribution in [0.4, 0.5) is 0 Å². The van der Waals surface area contributed by atoms with Gasteiger partial charge >= 0.3 is 17.9 Å². The predicted molar refractivity (Wildman–Crippen MR) is 307 cm³/mol. The summed E-state index contributed by atoms with van der Waals surface area (Å²) in [5, 5.41) is 0. The van der Waals surface area contributed by atoms with Crippen LogP contribution in [0, 0.1) is 0 Å². The Hall–Kier alpha value is -1.85. The molecule has 1 unspecified atom stereocenters. The van der Waals surface area contributed by atoms with E-state index < -0.39 is 6.10 Å². The molecule has 0 aromatic carbocycles. The first-order chi connectivity index (χ1) is 35.0. The number of hydrogen-bond acceptors (Lipinski definition) is 6. The van der Waals surface area contributed by atoms with Gasteiger partial charge in [-0.2, -0.15) is 0 Å². The second-order valence-corrected chi connectivity index (χ2v) is 22.0. The number of carbonyl (C=O) groups is 3. The van der Waals surface area contributed by atoms with Crippen LogP contribution in [0.25, 0.3) is 0 Å². The molecule has 0 aliphatic heterocycles. The maximum Gasteiger partial charge on any atom is 0.306 e. The van der Waals surface area contributed by atoms with Crippen molar-refractivity contribution in [3.63, 3.8) is 0 Å².